The van der Waals surface area contributed by atoms with Crippen LogP contribution in [0.25, 0.3) is 0 Å². The first-order valence-corrected chi connectivity index (χ1v) is 13.8. The Kier molecular flexibility index (Phi) is 12.8. The maximum Gasteiger partial charge on any atom is 0.314 e. The molecule has 1 unspecified atom stereocenters. The minimum atomic E-state index is -3.63. The molecule has 0 bridgehead atoms. The quantitative estimate of drug-likeness (QED) is 0.383. The van der Waals surface area contributed by atoms with E-state index in [-0.39, 0.29) is 23.0 Å². The summed E-state index contributed by atoms with van der Waals surface area (Å²) in [4.78, 5) is 33.9. The molecule has 0 radical (unpaired) electrons. The fraction of sp³-hybridized carbons (Fsp3) is 0.600. The molecule has 2 rings (SSSR count). The van der Waals surface area contributed by atoms with E-state index in [9.17, 15) is 22.8 Å². The van der Waals surface area contributed by atoms with Crippen LogP contribution in [0.5, 0.6) is 5.75 Å². The summed E-state index contributed by atoms with van der Waals surface area (Å²) >= 11 is 0. The molecule has 0 saturated carbocycles. The van der Waals surface area contributed by atoms with Gasteiger partial charge < -0.3 is 9.84 Å². The van der Waals surface area contributed by atoms with E-state index in [4.69, 9.17) is 9.84 Å². The number of carbonyl (C=O) groups excluding carboxylic acids is 2. The van der Waals surface area contributed by atoms with E-state index in [0.717, 1.165) is 25.0 Å². The third-order valence-electron chi connectivity index (χ3n) is 5.68. The van der Waals surface area contributed by atoms with E-state index >= 15 is 0 Å². The second kappa shape index (κ2) is 14.7. The van der Waals surface area contributed by atoms with E-state index in [1.807, 2.05) is 13.8 Å². The SMILES string of the molecule is CCCC(=O)C(CC)C(=O)O.CCCC1=NN(c2cc(S(=O)(=O)N(CC)CC)ccc2OC)C(=O)C1. The number of nitrogens with zero attached hydrogens (tertiary/aromatic N) is 3. The maximum atomic E-state index is 12.8. The molecule has 1 aromatic carbocycles. The van der Waals surface area contributed by atoms with Crippen LogP contribution in [0.2, 0.25) is 0 Å². The Balaban J connectivity index is 0.000000497. The number of hydrogen-bond acceptors (Lipinski definition) is 7. The van der Waals surface area contributed by atoms with Crippen molar-refractivity contribution < 1.29 is 32.6 Å². The third kappa shape index (κ3) is 7.86. The van der Waals surface area contributed by atoms with Crippen LogP contribution in [0.1, 0.15) is 73.1 Å². The van der Waals surface area contributed by atoms with Crippen molar-refractivity contribution in [1.82, 2.24) is 4.31 Å². The molecule has 10 nitrogen and oxygen atoms in total. The number of carboxylic acids is 1. The normalized spacial score (nSPS) is 14.2. The average Bonchev–Trinajstić information content (AvgIpc) is 3.20. The molecular weight excluding hydrogens is 486 g/mol. The number of ether oxygens (including phenoxy) is 1. The summed E-state index contributed by atoms with van der Waals surface area (Å²) in [5, 5.41) is 14.2. The Labute approximate surface area is 214 Å². The number of ketones is 1. The number of hydrazone groups is 1. The molecule has 1 N–H and O–H groups in total. The summed E-state index contributed by atoms with van der Waals surface area (Å²) in [6.45, 7) is 9.93. The molecule has 1 heterocycles. The number of Topliss-reactive ketones (excluding diaryl/α,β-unsaturated/α-hetero) is 1. The van der Waals surface area contributed by atoms with Gasteiger partial charge in [-0.2, -0.15) is 14.4 Å². The van der Waals surface area contributed by atoms with E-state index in [1.165, 1.54) is 28.6 Å². The zero-order valence-corrected chi connectivity index (χ0v) is 22.9. The van der Waals surface area contributed by atoms with Gasteiger partial charge in [0.25, 0.3) is 5.91 Å². The maximum absolute atomic E-state index is 12.8. The predicted octanol–water partition coefficient (Wildman–Crippen LogP) is 4.08. The highest BCUT2D eigenvalue weighted by atomic mass is 32.2. The summed E-state index contributed by atoms with van der Waals surface area (Å²) < 4.78 is 32.2. The lowest BCUT2D eigenvalue weighted by Crippen LogP contribution is -2.31. The van der Waals surface area contributed by atoms with Gasteiger partial charge in [-0.05, 0) is 37.5 Å². The number of benzene rings is 1. The monoisotopic (exact) mass is 525 g/mol. The van der Waals surface area contributed by atoms with Gasteiger partial charge in [-0.15, -0.1) is 0 Å². The standard InChI is InChI=1S/C17H25N3O4S.C8H14O3/c1-5-8-13-11-17(21)20(18-13)15-12-14(9-10-16(15)24-4)25(22,23)19(6-2)7-3;1-3-5-7(9)6(4-2)8(10)11/h9-10,12H,5-8,11H2,1-4H3;6H,3-5H2,1-2H3,(H,10,11). The molecule has 0 fully saturated rings. The first-order chi connectivity index (χ1) is 17.0. The van der Waals surface area contributed by atoms with Crippen molar-refractivity contribution in [2.75, 3.05) is 25.2 Å². The van der Waals surface area contributed by atoms with Gasteiger partial charge in [-0.3, -0.25) is 14.4 Å². The van der Waals surface area contributed by atoms with Gasteiger partial charge in [0.2, 0.25) is 10.0 Å². The number of aliphatic carboxylic acids is 1. The molecule has 11 heteroatoms. The number of amides is 1. The van der Waals surface area contributed by atoms with Gasteiger partial charge in [-0.1, -0.05) is 41.0 Å². The lowest BCUT2D eigenvalue weighted by Gasteiger charge is -2.21. The van der Waals surface area contributed by atoms with E-state index in [2.05, 4.69) is 5.10 Å². The molecule has 1 amide bonds. The first-order valence-electron chi connectivity index (χ1n) is 12.3. The summed E-state index contributed by atoms with van der Waals surface area (Å²) in [6, 6.07) is 4.52. The lowest BCUT2D eigenvalue weighted by molar-refractivity contribution is -0.146. The molecule has 0 saturated heterocycles. The molecule has 0 aliphatic carbocycles. The highest BCUT2D eigenvalue weighted by Crippen LogP contribution is 2.34. The minimum Gasteiger partial charge on any atom is -0.494 e. The number of rotatable bonds is 13. The molecule has 202 valence electrons. The molecular formula is C25H39N3O7S. The Morgan fingerprint density at radius 1 is 1.14 bits per heavy atom. The first kappa shape index (κ1) is 31.2. The predicted molar refractivity (Wildman–Crippen MR) is 139 cm³/mol. The molecule has 1 aliphatic rings. The van der Waals surface area contributed by atoms with Gasteiger partial charge in [0.15, 0.2) is 0 Å². The minimum absolute atomic E-state index is 0.124. The zero-order valence-electron chi connectivity index (χ0n) is 22.1. The topological polar surface area (TPSA) is 134 Å². The Hall–Kier alpha value is -2.79. The summed E-state index contributed by atoms with van der Waals surface area (Å²) in [6.07, 6.45) is 3.39. The number of carbonyl (C=O) groups is 3. The number of hydrogen-bond donors (Lipinski definition) is 1. The zero-order chi connectivity index (χ0) is 27.5. The Bertz CT molecular complexity index is 1050. The number of anilines is 1. The van der Waals surface area contributed by atoms with Gasteiger partial charge >= 0.3 is 5.97 Å². The van der Waals surface area contributed by atoms with Crippen molar-refractivity contribution >= 4 is 39.1 Å². The van der Waals surface area contributed by atoms with Crippen molar-refractivity contribution in [2.24, 2.45) is 11.0 Å². The van der Waals surface area contributed by atoms with Crippen molar-refractivity contribution in [2.45, 2.75) is 78.0 Å². The number of methoxy groups -OCH3 is 1. The third-order valence-corrected chi connectivity index (χ3v) is 7.73. The van der Waals surface area contributed by atoms with E-state index < -0.39 is 21.9 Å². The van der Waals surface area contributed by atoms with Gasteiger partial charge in [-0.25, -0.2) is 8.42 Å². The second-order valence-corrected chi connectivity index (χ2v) is 10.2. The number of sulfonamides is 1. The second-order valence-electron chi connectivity index (χ2n) is 8.24. The summed E-state index contributed by atoms with van der Waals surface area (Å²) in [7, 11) is -2.15. The summed E-state index contributed by atoms with van der Waals surface area (Å²) in [5.41, 5.74) is 1.15. The average molecular weight is 526 g/mol. The van der Waals surface area contributed by atoms with Crippen molar-refractivity contribution in [3.63, 3.8) is 0 Å². The van der Waals surface area contributed by atoms with Crippen LogP contribution in [0, 0.1) is 5.92 Å². The largest absolute Gasteiger partial charge is 0.494 e. The van der Waals surface area contributed by atoms with Crippen LogP contribution in [-0.2, 0) is 24.4 Å². The van der Waals surface area contributed by atoms with Crippen LogP contribution >= 0.6 is 0 Å². The Morgan fingerprint density at radius 3 is 2.25 bits per heavy atom. The van der Waals surface area contributed by atoms with Crippen molar-refractivity contribution in [1.29, 1.82) is 0 Å². The van der Waals surface area contributed by atoms with E-state index in [1.54, 1.807) is 26.8 Å². The fourth-order valence-electron chi connectivity index (χ4n) is 3.77. The highest BCUT2D eigenvalue weighted by Gasteiger charge is 2.30. The number of carboxylic acid groups (broad SMARTS) is 1. The fourth-order valence-corrected chi connectivity index (χ4v) is 5.24. The Morgan fingerprint density at radius 2 is 1.78 bits per heavy atom. The van der Waals surface area contributed by atoms with Crippen molar-refractivity contribution in [3.05, 3.63) is 18.2 Å². The molecule has 36 heavy (non-hydrogen) atoms. The van der Waals surface area contributed by atoms with Crippen LogP contribution < -0.4 is 9.75 Å². The van der Waals surface area contributed by atoms with Gasteiger partial charge in [0, 0.05) is 25.2 Å². The molecule has 0 aromatic heterocycles. The van der Waals surface area contributed by atoms with Crippen LogP contribution in [0.3, 0.4) is 0 Å². The van der Waals surface area contributed by atoms with Crippen molar-refractivity contribution in [3.8, 4) is 5.75 Å². The molecule has 0 spiro atoms. The van der Waals surface area contributed by atoms with Crippen LogP contribution in [0.15, 0.2) is 28.2 Å². The molecule has 1 aromatic rings. The highest BCUT2D eigenvalue weighted by molar-refractivity contribution is 7.89. The lowest BCUT2D eigenvalue weighted by atomic mass is 9.98. The smallest absolute Gasteiger partial charge is 0.314 e. The molecule has 1 aliphatic heterocycles. The van der Waals surface area contributed by atoms with Gasteiger partial charge in [0.05, 0.1) is 18.4 Å². The van der Waals surface area contributed by atoms with Crippen LogP contribution in [-0.4, -0.2) is 61.4 Å². The summed E-state index contributed by atoms with van der Waals surface area (Å²) in [5.74, 6) is -1.70. The van der Waals surface area contributed by atoms with E-state index in [0.29, 0.717) is 37.4 Å². The van der Waals surface area contributed by atoms with Gasteiger partial charge in [0.1, 0.15) is 23.1 Å². The van der Waals surface area contributed by atoms with Crippen LogP contribution in [0.4, 0.5) is 5.69 Å². The molecule has 1 atom stereocenters.